The first kappa shape index (κ1) is 15.4. The highest BCUT2D eigenvalue weighted by atomic mass is 19.1. The van der Waals surface area contributed by atoms with Crippen LogP contribution in [0.3, 0.4) is 0 Å². The molecule has 0 fully saturated rings. The lowest BCUT2D eigenvalue weighted by Gasteiger charge is -2.09. The maximum atomic E-state index is 13.4. The molecule has 1 rings (SSSR count). The van der Waals surface area contributed by atoms with Crippen LogP contribution < -0.4 is 15.8 Å². The second-order valence-corrected chi connectivity index (χ2v) is 4.61. The average molecular weight is 268 g/mol. The number of hydrogen-bond acceptors (Lipinski definition) is 3. The van der Waals surface area contributed by atoms with Crippen molar-refractivity contribution < 1.29 is 13.9 Å². The molecule has 1 unspecified atom stereocenters. The lowest BCUT2D eigenvalue weighted by atomic mass is 10.1. The highest BCUT2D eigenvalue weighted by Gasteiger charge is 2.07. The van der Waals surface area contributed by atoms with Gasteiger partial charge in [0.15, 0.2) is 11.6 Å². The molecule has 5 heteroatoms. The third-order valence-electron chi connectivity index (χ3n) is 2.89. The molecule has 0 radical (unpaired) electrons. The summed E-state index contributed by atoms with van der Waals surface area (Å²) in [5.41, 5.74) is 6.28. The molecule has 3 N–H and O–H groups in total. The topological polar surface area (TPSA) is 64.3 Å². The molecular weight excluding hydrogens is 247 g/mol. The van der Waals surface area contributed by atoms with E-state index in [9.17, 15) is 9.18 Å². The summed E-state index contributed by atoms with van der Waals surface area (Å²) in [5.74, 6) is -0.00185. The van der Waals surface area contributed by atoms with Crippen LogP contribution in [0.2, 0.25) is 0 Å². The number of benzene rings is 1. The van der Waals surface area contributed by atoms with Crippen LogP contribution in [-0.2, 0) is 11.2 Å². The van der Waals surface area contributed by atoms with Crippen molar-refractivity contribution in [3.63, 3.8) is 0 Å². The summed E-state index contributed by atoms with van der Waals surface area (Å²) in [5, 5.41) is 2.80. The second kappa shape index (κ2) is 7.74. The van der Waals surface area contributed by atoms with Crippen molar-refractivity contribution in [1.29, 1.82) is 0 Å². The Hall–Kier alpha value is -1.62. The Bertz CT molecular complexity index is 424. The fraction of sp³-hybridized carbons (Fsp3) is 0.500. The van der Waals surface area contributed by atoms with Gasteiger partial charge in [-0.1, -0.05) is 13.0 Å². The summed E-state index contributed by atoms with van der Waals surface area (Å²) in [6.45, 7) is 2.91. The molecule has 0 saturated carbocycles. The fourth-order valence-electron chi connectivity index (χ4n) is 1.68. The number of ether oxygens (including phenoxy) is 1. The van der Waals surface area contributed by atoms with Crippen molar-refractivity contribution in [3.05, 3.63) is 29.6 Å². The second-order valence-electron chi connectivity index (χ2n) is 4.61. The van der Waals surface area contributed by atoms with E-state index in [0.29, 0.717) is 25.9 Å². The SMILES string of the molecule is COc1ccc(CCNC(=O)CC(C)CN)cc1F. The lowest BCUT2D eigenvalue weighted by Crippen LogP contribution is -2.28. The standard InChI is InChI=1S/C14H21FN2O2/c1-10(9-16)7-14(18)17-6-5-11-3-4-13(19-2)12(15)8-11/h3-4,8,10H,5-7,9,16H2,1-2H3,(H,17,18). The Kier molecular flexibility index (Phi) is 6.29. The summed E-state index contributed by atoms with van der Waals surface area (Å²) in [6, 6.07) is 4.80. The van der Waals surface area contributed by atoms with E-state index < -0.39 is 0 Å². The Morgan fingerprint density at radius 3 is 2.84 bits per heavy atom. The summed E-state index contributed by atoms with van der Waals surface area (Å²) in [4.78, 5) is 11.5. The zero-order valence-corrected chi connectivity index (χ0v) is 11.4. The zero-order valence-electron chi connectivity index (χ0n) is 11.4. The maximum Gasteiger partial charge on any atom is 0.220 e. The first-order valence-corrected chi connectivity index (χ1v) is 6.36. The number of halogens is 1. The highest BCUT2D eigenvalue weighted by molar-refractivity contribution is 5.76. The number of hydrogen-bond donors (Lipinski definition) is 2. The molecule has 1 amide bonds. The van der Waals surface area contributed by atoms with Crippen LogP contribution in [0.1, 0.15) is 18.9 Å². The number of carbonyl (C=O) groups is 1. The van der Waals surface area contributed by atoms with Gasteiger partial charge in [0, 0.05) is 13.0 Å². The van der Waals surface area contributed by atoms with Crippen molar-refractivity contribution >= 4 is 5.91 Å². The molecule has 1 aromatic carbocycles. The van der Waals surface area contributed by atoms with Crippen molar-refractivity contribution in [2.45, 2.75) is 19.8 Å². The quantitative estimate of drug-likeness (QED) is 0.787. The zero-order chi connectivity index (χ0) is 14.3. The van der Waals surface area contributed by atoms with Gasteiger partial charge in [-0.05, 0) is 36.6 Å². The minimum Gasteiger partial charge on any atom is -0.494 e. The normalized spacial score (nSPS) is 12.0. The Morgan fingerprint density at radius 2 is 2.26 bits per heavy atom. The van der Waals surface area contributed by atoms with E-state index in [1.807, 2.05) is 6.92 Å². The largest absolute Gasteiger partial charge is 0.494 e. The van der Waals surface area contributed by atoms with Gasteiger partial charge in [-0.2, -0.15) is 0 Å². The summed E-state index contributed by atoms with van der Waals surface area (Å²) < 4.78 is 18.3. The monoisotopic (exact) mass is 268 g/mol. The molecule has 0 aliphatic carbocycles. The van der Waals surface area contributed by atoms with Gasteiger partial charge in [0.25, 0.3) is 0 Å². The third-order valence-corrected chi connectivity index (χ3v) is 2.89. The summed E-state index contributed by atoms with van der Waals surface area (Å²) in [7, 11) is 1.43. The lowest BCUT2D eigenvalue weighted by molar-refractivity contribution is -0.121. The number of amides is 1. The molecule has 0 spiro atoms. The number of carbonyl (C=O) groups excluding carboxylic acids is 1. The first-order chi connectivity index (χ1) is 9.06. The van der Waals surface area contributed by atoms with Crippen molar-refractivity contribution in [2.24, 2.45) is 11.7 Å². The Balaban J connectivity index is 2.37. The van der Waals surface area contributed by atoms with E-state index in [4.69, 9.17) is 10.5 Å². The molecule has 0 bridgehead atoms. The van der Waals surface area contributed by atoms with Crippen LogP contribution in [0.5, 0.6) is 5.75 Å². The van der Waals surface area contributed by atoms with Crippen LogP contribution in [0.15, 0.2) is 18.2 Å². The van der Waals surface area contributed by atoms with Gasteiger partial charge in [0.05, 0.1) is 7.11 Å². The number of nitrogens with two attached hydrogens (primary N) is 1. The van der Waals surface area contributed by atoms with Crippen LogP contribution in [0.4, 0.5) is 4.39 Å². The van der Waals surface area contributed by atoms with Gasteiger partial charge in [0.2, 0.25) is 5.91 Å². The van der Waals surface area contributed by atoms with Gasteiger partial charge in [-0.25, -0.2) is 4.39 Å². The molecule has 19 heavy (non-hydrogen) atoms. The minimum atomic E-state index is -0.386. The predicted octanol–water partition coefficient (Wildman–Crippen LogP) is 1.48. The van der Waals surface area contributed by atoms with Gasteiger partial charge < -0.3 is 15.8 Å². The molecule has 0 aromatic heterocycles. The van der Waals surface area contributed by atoms with Crippen LogP contribution in [0, 0.1) is 11.7 Å². The molecule has 0 aliphatic rings. The van der Waals surface area contributed by atoms with Crippen LogP contribution in [0.25, 0.3) is 0 Å². The van der Waals surface area contributed by atoms with Crippen LogP contribution in [-0.4, -0.2) is 26.1 Å². The molecule has 106 valence electrons. The van der Waals surface area contributed by atoms with E-state index >= 15 is 0 Å². The third kappa shape index (κ3) is 5.26. The van der Waals surface area contributed by atoms with Gasteiger partial charge >= 0.3 is 0 Å². The van der Waals surface area contributed by atoms with Crippen LogP contribution >= 0.6 is 0 Å². The van der Waals surface area contributed by atoms with Gasteiger partial charge in [0.1, 0.15) is 0 Å². The van der Waals surface area contributed by atoms with Crippen molar-refractivity contribution in [2.75, 3.05) is 20.2 Å². The summed E-state index contributed by atoms with van der Waals surface area (Å²) >= 11 is 0. The number of rotatable bonds is 7. The predicted molar refractivity (Wildman–Crippen MR) is 72.5 cm³/mol. The van der Waals surface area contributed by atoms with E-state index in [0.717, 1.165) is 5.56 Å². The molecule has 0 saturated heterocycles. The van der Waals surface area contributed by atoms with Gasteiger partial charge in [-0.15, -0.1) is 0 Å². The summed E-state index contributed by atoms with van der Waals surface area (Å²) in [6.07, 6.45) is 1.01. The molecule has 1 atom stereocenters. The molecular formula is C14H21FN2O2. The van der Waals surface area contributed by atoms with Gasteiger partial charge in [-0.3, -0.25) is 4.79 Å². The molecule has 1 aromatic rings. The van der Waals surface area contributed by atoms with E-state index in [2.05, 4.69) is 5.32 Å². The number of nitrogens with one attached hydrogen (secondary N) is 1. The average Bonchev–Trinajstić information content (AvgIpc) is 2.38. The minimum absolute atomic E-state index is 0.0214. The van der Waals surface area contributed by atoms with Crippen molar-refractivity contribution in [1.82, 2.24) is 5.32 Å². The first-order valence-electron chi connectivity index (χ1n) is 6.36. The van der Waals surface area contributed by atoms with Crippen molar-refractivity contribution in [3.8, 4) is 5.75 Å². The van der Waals surface area contributed by atoms with E-state index in [1.54, 1.807) is 12.1 Å². The molecule has 4 nitrogen and oxygen atoms in total. The smallest absolute Gasteiger partial charge is 0.220 e. The molecule has 0 heterocycles. The Labute approximate surface area is 113 Å². The fourth-order valence-corrected chi connectivity index (χ4v) is 1.68. The number of methoxy groups -OCH3 is 1. The Morgan fingerprint density at radius 1 is 1.53 bits per heavy atom. The molecule has 0 aliphatic heterocycles. The van der Waals surface area contributed by atoms with E-state index in [1.165, 1.54) is 13.2 Å². The maximum absolute atomic E-state index is 13.4. The van der Waals surface area contributed by atoms with E-state index in [-0.39, 0.29) is 23.4 Å². The highest BCUT2D eigenvalue weighted by Crippen LogP contribution is 2.17.